The van der Waals surface area contributed by atoms with Crippen LogP contribution in [0.4, 0.5) is 0 Å². The first-order valence-electron chi connectivity index (χ1n) is 6.27. The number of thioether (sulfide) groups is 1. The molecule has 3 heteroatoms. The maximum Gasteiger partial charge on any atom is 0.0452 e. The first kappa shape index (κ1) is 13.2. The van der Waals surface area contributed by atoms with E-state index in [0.717, 1.165) is 13.0 Å². The average molecular weight is 267 g/mol. The van der Waals surface area contributed by atoms with Gasteiger partial charge in [0.15, 0.2) is 0 Å². The molecule has 2 rings (SSSR count). The standard InChI is InChI=1S/C14H21NS2/c1-4-15-12(7-10(2)3)14-8-11-9-16-6-5-13(11)17-14/h8,12,15H,2,4-7,9H2,1,3H3. The first-order chi connectivity index (χ1) is 8.20. The lowest BCUT2D eigenvalue weighted by Gasteiger charge is -2.16. The van der Waals surface area contributed by atoms with E-state index in [9.17, 15) is 0 Å². The summed E-state index contributed by atoms with van der Waals surface area (Å²) in [4.78, 5) is 3.12. The molecule has 0 spiro atoms. The van der Waals surface area contributed by atoms with Gasteiger partial charge in [0.2, 0.25) is 0 Å². The molecule has 0 aliphatic carbocycles. The van der Waals surface area contributed by atoms with Crippen molar-refractivity contribution in [2.24, 2.45) is 0 Å². The van der Waals surface area contributed by atoms with Gasteiger partial charge in [0, 0.05) is 21.5 Å². The predicted octanol–water partition coefficient (Wildman–Crippen LogP) is 4.15. The Kier molecular flexibility index (Phi) is 4.71. The summed E-state index contributed by atoms with van der Waals surface area (Å²) in [6, 6.07) is 2.89. The molecule has 1 unspecified atom stereocenters. The molecule has 1 atom stereocenters. The lowest BCUT2D eigenvalue weighted by atomic mass is 10.1. The molecular formula is C14H21NS2. The Labute approximate surface area is 113 Å². The van der Waals surface area contributed by atoms with Crippen LogP contribution in [0.2, 0.25) is 0 Å². The first-order valence-corrected chi connectivity index (χ1v) is 8.24. The van der Waals surface area contributed by atoms with Crippen LogP contribution in [0, 0.1) is 0 Å². The average Bonchev–Trinajstić information content (AvgIpc) is 2.71. The van der Waals surface area contributed by atoms with Gasteiger partial charge in [0.25, 0.3) is 0 Å². The van der Waals surface area contributed by atoms with E-state index in [1.807, 2.05) is 11.3 Å². The van der Waals surface area contributed by atoms with Crippen molar-refractivity contribution in [1.82, 2.24) is 5.32 Å². The van der Waals surface area contributed by atoms with Crippen LogP contribution in [-0.2, 0) is 12.2 Å². The Hall–Kier alpha value is -0.250. The molecule has 0 saturated carbocycles. The highest BCUT2D eigenvalue weighted by atomic mass is 32.2. The molecular weight excluding hydrogens is 246 g/mol. The van der Waals surface area contributed by atoms with E-state index < -0.39 is 0 Å². The lowest BCUT2D eigenvalue weighted by molar-refractivity contribution is 0.556. The molecule has 1 aliphatic heterocycles. The normalized spacial score (nSPS) is 16.6. The zero-order valence-electron chi connectivity index (χ0n) is 10.7. The van der Waals surface area contributed by atoms with Crippen molar-refractivity contribution in [1.29, 1.82) is 0 Å². The van der Waals surface area contributed by atoms with Gasteiger partial charge in [0.1, 0.15) is 0 Å². The van der Waals surface area contributed by atoms with Crippen LogP contribution in [0.15, 0.2) is 18.2 Å². The molecule has 0 bridgehead atoms. The maximum absolute atomic E-state index is 4.05. The molecule has 0 fully saturated rings. The Morgan fingerprint density at radius 1 is 1.59 bits per heavy atom. The molecule has 0 amide bonds. The highest BCUT2D eigenvalue weighted by molar-refractivity contribution is 7.98. The van der Waals surface area contributed by atoms with Crippen molar-refractivity contribution >= 4 is 23.1 Å². The minimum Gasteiger partial charge on any atom is -0.309 e. The van der Waals surface area contributed by atoms with Crippen LogP contribution < -0.4 is 5.32 Å². The van der Waals surface area contributed by atoms with Crippen LogP contribution >= 0.6 is 23.1 Å². The van der Waals surface area contributed by atoms with Gasteiger partial charge in [-0.05, 0) is 43.7 Å². The van der Waals surface area contributed by atoms with E-state index in [1.165, 1.54) is 28.4 Å². The highest BCUT2D eigenvalue weighted by Crippen LogP contribution is 2.35. The maximum atomic E-state index is 4.05. The molecule has 1 aliphatic rings. The molecule has 2 heterocycles. The smallest absolute Gasteiger partial charge is 0.0452 e. The second-order valence-corrected chi connectivity index (χ2v) is 6.94. The minimum atomic E-state index is 0.470. The Balaban J connectivity index is 2.17. The molecule has 1 nitrogen and oxygen atoms in total. The zero-order valence-corrected chi connectivity index (χ0v) is 12.3. The van der Waals surface area contributed by atoms with E-state index in [-0.39, 0.29) is 0 Å². The van der Waals surface area contributed by atoms with E-state index >= 15 is 0 Å². The monoisotopic (exact) mass is 267 g/mol. The molecule has 0 aromatic carbocycles. The quantitative estimate of drug-likeness (QED) is 0.804. The van der Waals surface area contributed by atoms with Gasteiger partial charge in [0.05, 0.1) is 0 Å². The molecule has 0 saturated heterocycles. The van der Waals surface area contributed by atoms with Crippen LogP contribution in [-0.4, -0.2) is 12.3 Å². The third-order valence-electron chi connectivity index (χ3n) is 2.99. The highest BCUT2D eigenvalue weighted by Gasteiger charge is 2.18. The summed E-state index contributed by atoms with van der Waals surface area (Å²) in [5.74, 6) is 2.50. The van der Waals surface area contributed by atoms with Gasteiger partial charge in [-0.1, -0.05) is 12.5 Å². The van der Waals surface area contributed by atoms with Gasteiger partial charge >= 0.3 is 0 Å². The van der Waals surface area contributed by atoms with Crippen LogP contribution in [0.5, 0.6) is 0 Å². The molecule has 94 valence electrons. The van der Waals surface area contributed by atoms with Gasteiger partial charge in [-0.15, -0.1) is 17.9 Å². The fourth-order valence-electron chi connectivity index (χ4n) is 2.21. The second-order valence-electron chi connectivity index (χ2n) is 4.67. The van der Waals surface area contributed by atoms with E-state index in [1.54, 1.807) is 10.4 Å². The fourth-order valence-corrected chi connectivity index (χ4v) is 4.66. The van der Waals surface area contributed by atoms with E-state index in [4.69, 9.17) is 0 Å². The summed E-state index contributed by atoms with van der Waals surface area (Å²) in [6.07, 6.45) is 2.32. The van der Waals surface area contributed by atoms with Gasteiger partial charge in [-0.2, -0.15) is 11.8 Å². The zero-order chi connectivity index (χ0) is 12.3. The molecule has 1 aromatic heterocycles. The summed E-state index contributed by atoms with van der Waals surface area (Å²) in [6.45, 7) is 9.36. The van der Waals surface area contributed by atoms with Crippen molar-refractivity contribution in [2.75, 3.05) is 12.3 Å². The number of aryl methyl sites for hydroxylation is 1. The van der Waals surface area contributed by atoms with Gasteiger partial charge < -0.3 is 5.32 Å². The Morgan fingerprint density at radius 3 is 3.06 bits per heavy atom. The number of nitrogens with one attached hydrogen (secondary N) is 1. The Morgan fingerprint density at radius 2 is 2.41 bits per heavy atom. The van der Waals surface area contributed by atoms with Crippen molar-refractivity contribution in [3.05, 3.63) is 33.5 Å². The number of rotatable bonds is 5. The summed E-state index contributed by atoms with van der Waals surface area (Å²) in [7, 11) is 0. The topological polar surface area (TPSA) is 12.0 Å². The second kappa shape index (κ2) is 6.07. The molecule has 1 aromatic rings. The predicted molar refractivity (Wildman–Crippen MR) is 80.0 cm³/mol. The largest absolute Gasteiger partial charge is 0.309 e. The van der Waals surface area contributed by atoms with Crippen LogP contribution in [0.1, 0.15) is 41.6 Å². The number of hydrogen-bond donors (Lipinski definition) is 1. The van der Waals surface area contributed by atoms with E-state index in [0.29, 0.717) is 6.04 Å². The third kappa shape index (κ3) is 3.36. The van der Waals surface area contributed by atoms with Crippen molar-refractivity contribution in [3.63, 3.8) is 0 Å². The molecule has 0 radical (unpaired) electrons. The van der Waals surface area contributed by atoms with Crippen molar-refractivity contribution in [2.45, 2.75) is 38.5 Å². The third-order valence-corrected chi connectivity index (χ3v) is 5.35. The van der Waals surface area contributed by atoms with Crippen molar-refractivity contribution in [3.8, 4) is 0 Å². The number of hydrogen-bond acceptors (Lipinski definition) is 3. The minimum absolute atomic E-state index is 0.470. The van der Waals surface area contributed by atoms with E-state index in [2.05, 4.69) is 43.6 Å². The lowest BCUT2D eigenvalue weighted by Crippen LogP contribution is -2.20. The Bertz CT molecular complexity index is 371. The summed E-state index contributed by atoms with van der Waals surface area (Å²) in [5, 5.41) is 3.58. The van der Waals surface area contributed by atoms with Gasteiger partial charge in [-0.25, -0.2) is 0 Å². The molecule has 1 N–H and O–H groups in total. The SMILES string of the molecule is C=C(C)CC(NCC)c1cc2c(s1)CCSC2. The summed E-state index contributed by atoms with van der Waals surface area (Å²) < 4.78 is 0. The fraction of sp³-hybridized carbons (Fsp3) is 0.571. The van der Waals surface area contributed by atoms with Crippen LogP contribution in [0.3, 0.4) is 0 Å². The summed E-state index contributed by atoms with van der Waals surface area (Å²) >= 11 is 4.07. The summed E-state index contributed by atoms with van der Waals surface area (Å²) in [5.41, 5.74) is 2.84. The number of thiophene rings is 1. The molecule has 17 heavy (non-hydrogen) atoms. The number of fused-ring (bicyclic) bond motifs is 1. The van der Waals surface area contributed by atoms with Crippen LogP contribution in [0.25, 0.3) is 0 Å². The van der Waals surface area contributed by atoms with Crippen molar-refractivity contribution < 1.29 is 0 Å². The van der Waals surface area contributed by atoms with Gasteiger partial charge in [-0.3, -0.25) is 0 Å².